The normalized spacial score (nSPS) is 16.1. The number of fused-ring (bicyclic) bond motifs is 1. The molecular formula is C19H22N6O. The van der Waals surface area contributed by atoms with Gasteiger partial charge in [0.2, 0.25) is 5.91 Å². The van der Waals surface area contributed by atoms with Crippen LogP contribution in [0.1, 0.15) is 12.8 Å². The van der Waals surface area contributed by atoms with Gasteiger partial charge in [-0.1, -0.05) is 17.3 Å². The summed E-state index contributed by atoms with van der Waals surface area (Å²) in [6.07, 6.45) is 5.46. The van der Waals surface area contributed by atoms with E-state index in [1.807, 2.05) is 37.5 Å². The number of hydrogen-bond donors (Lipinski definition) is 1. The lowest BCUT2D eigenvalue weighted by Crippen LogP contribution is -2.36. The fourth-order valence-corrected chi connectivity index (χ4v) is 3.35. The third-order valence-electron chi connectivity index (χ3n) is 4.96. The molecule has 1 aliphatic rings. The Morgan fingerprint density at radius 2 is 1.96 bits per heavy atom. The van der Waals surface area contributed by atoms with Crippen LogP contribution in [-0.4, -0.2) is 50.9 Å². The zero-order valence-electron chi connectivity index (χ0n) is 15.0. The van der Waals surface area contributed by atoms with Gasteiger partial charge in [0.05, 0.1) is 6.20 Å². The van der Waals surface area contributed by atoms with E-state index in [1.54, 1.807) is 10.9 Å². The first-order valence-electron chi connectivity index (χ1n) is 8.84. The van der Waals surface area contributed by atoms with Crippen molar-refractivity contribution in [2.75, 3.05) is 25.5 Å². The van der Waals surface area contributed by atoms with Crippen molar-refractivity contribution in [3.63, 3.8) is 0 Å². The molecule has 2 aromatic heterocycles. The van der Waals surface area contributed by atoms with Gasteiger partial charge in [-0.25, -0.2) is 4.98 Å². The van der Waals surface area contributed by atoms with Gasteiger partial charge in [0.1, 0.15) is 11.5 Å². The van der Waals surface area contributed by atoms with E-state index in [4.69, 9.17) is 0 Å². The number of aromatic nitrogens is 4. The maximum absolute atomic E-state index is 12.5. The highest BCUT2D eigenvalue weighted by Gasteiger charge is 2.23. The SMILES string of the molecule is CN1CCC(C(=O)Nc2cc3cc(-c4cn(C)nn4)ccc3cn2)CC1. The van der Waals surface area contributed by atoms with E-state index in [-0.39, 0.29) is 11.8 Å². The standard InChI is InChI=1S/C19H22N6O/c1-24-7-5-13(6-8-24)19(26)21-18-10-16-9-14(3-4-15(16)11-20-18)17-12-25(2)23-22-17/h3-4,9-13H,5-8H2,1-2H3,(H,20,21,26). The van der Waals surface area contributed by atoms with Crippen molar-refractivity contribution in [3.8, 4) is 11.3 Å². The molecule has 1 amide bonds. The summed E-state index contributed by atoms with van der Waals surface area (Å²) in [7, 11) is 3.94. The molecule has 0 unspecified atom stereocenters. The number of pyridine rings is 1. The molecule has 0 spiro atoms. The van der Waals surface area contributed by atoms with Crippen molar-refractivity contribution < 1.29 is 4.79 Å². The molecule has 3 heterocycles. The van der Waals surface area contributed by atoms with Gasteiger partial charge >= 0.3 is 0 Å². The zero-order valence-corrected chi connectivity index (χ0v) is 15.0. The van der Waals surface area contributed by atoms with Crippen molar-refractivity contribution in [2.45, 2.75) is 12.8 Å². The number of nitrogens with one attached hydrogen (secondary N) is 1. The Morgan fingerprint density at radius 3 is 2.69 bits per heavy atom. The van der Waals surface area contributed by atoms with Crippen molar-refractivity contribution in [2.24, 2.45) is 13.0 Å². The van der Waals surface area contributed by atoms with Crippen LogP contribution in [0.5, 0.6) is 0 Å². The minimum atomic E-state index is 0.0645. The van der Waals surface area contributed by atoms with E-state index in [2.05, 4.69) is 32.6 Å². The fraction of sp³-hybridized carbons (Fsp3) is 0.368. The van der Waals surface area contributed by atoms with E-state index in [9.17, 15) is 4.79 Å². The molecule has 134 valence electrons. The monoisotopic (exact) mass is 350 g/mol. The van der Waals surface area contributed by atoms with Crippen LogP contribution >= 0.6 is 0 Å². The Morgan fingerprint density at radius 1 is 1.15 bits per heavy atom. The molecule has 1 saturated heterocycles. The highest BCUT2D eigenvalue weighted by molar-refractivity contribution is 5.95. The van der Waals surface area contributed by atoms with E-state index >= 15 is 0 Å². The van der Waals surface area contributed by atoms with Gasteiger partial charge in [-0.2, -0.15) is 0 Å². The number of aryl methyl sites for hydroxylation is 1. The molecule has 7 heteroatoms. The fourth-order valence-electron chi connectivity index (χ4n) is 3.35. The van der Waals surface area contributed by atoms with Gasteiger partial charge in [-0.3, -0.25) is 9.48 Å². The Hall–Kier alpha value is -2.80. The molecule has 1 aliphatic heterocycles. The predicted octanol–water partition coefficient (Wildman–Crippen LogP) is 2.31. The third kappa shape index (κ3) is 3.43. The molecule has 1 aromatic carbocycles. The van der Waals surface area contributed by atoms with E-state index < -0.39 is 0 Å². The number of carbonyl (C=O) groups excluding carboxylic acids is 1. The second-order valence-corrected chi connectivity index (χ2v) is 6.98. The summed E-state index contributed by atoms with van der Waals surface area (Å²) in [5.74, 6) is 0.724. The first-order valence-corrected chi connectivity index (χ1v) is 8.84. The number of benzene rings is 1. The Labute approximate surface area is 152 Å². The lowest BCUT2D eigenvalue weighted by Gasteiger charge is -2.27. The lowest BCUT2D eigenvalue weighted by molar-refractivity contribution is -0.121. The molecule has 1 N–H and O–H groups in total. The Kier molecular flexibility index (Phi) is 4.38. The summed E-state index contributed by atoms with van der Waals surface area (Å²) in [4.78, 5) is 19.2. The topological polar surface area (TPSA) is 75.9 Å². The molecule has 1 fully saturated rings. The molecule has 7 nitrogen and oxygen atoms in total. The second-order valence-electron chi connectivity index (χ2n) is 6.98. The van der Waals surface area contributed by atoms with Crippen LogP contribution in [0.2, 0.25) is 0 Å². The number of amides is 1. The molecule has 0 bridgehead atoms. The van der Waals surface area contributed by atoms with Crippen molar-refractivity contribution >= 4 is 22.5 Å². The lowest BCUT2D eigenvalue weighted by atomic mass is 9.96. The van der Waals surface area contributed by atoms with Crippen molar-refractivity contribution in [1.29, 1.82) is 0 Å². The van der Waals surface area contributed by atoms with Crippen LogP contribution in [-0.2, 0) is 11.8 Å². The molecule has 0 aliphatic carbocycles. The second kappa shape index (κ2) is 6.84. The van der Waals surface area contributed by atoms with Crippen LogP contribution in [0.15, 0.2) is 36.7 Å². The summed E-state index contributed by atoms with van der Waals surface area (Å²) >= 11 is 0. The van der Waals surface area contributed by atoms with Crippen LogP contribution in [0.25, 0.3) is 22.0 Å². The summed E-state index contributed by atoms with van der Waals surface area (Å²) in [6, 6.07) is 7.98. The Balaban J connectivity index is 1.55. The van der Waals surface area contributed by atoms with Crippen LogP contribution in [0.4, 0.5) is 5.82 Å². The van der Waals surface area contributed by atoms with Crippen LogP contribution in [0, 0.1) is 5.92 Å². The van der Waals surface area contributed by atoms with Gasteiger partial charge in [0.25, 0.3) is 0 Å². The van der Waals surface area contributed by atoms with E-state index in [0.29, 0.717) is 5.82 Å². The molecule has 26 heavy (non-hydrogen) atoms. The van der Waals surface area contributed by atoms with Gasteiger partial charge in [0, 0.05) is 30.1 Å². The van der Waals surface area contributed by atoms with Crippen LogP contribution in [0.3, 0.4) is 0 Å². The van der Waals surface area contributed by atoms with E-state index in [1.165, 1.54) is 0 Å². The number of rotatable bonds is 3. The largest absolute Gasteiger partial charge is 0.310 e. The van der Waals surface area contributed by atoms with Gasteiger partial charge in [-0.05, 0) is 50.5 Å². The van der Waals surface area contributed by atoms with E-state index in [0.717, 1.165) is 48.0 Å². The van der Waals surface area contributed by atoms with Gasteiger partial charge in [-0.15, -0.1) is 5.10 Å². The predicted molar refractivity (Wildman–Crippen MR) is 101 cm³/mol. The highest BCUT2D eigenvalue weighted by atomic mass is 16.1. The van der Waals surface area contributed by atoms with Gasteiger partial charge < -0.3 is 10.2 Å². The molecule has 0 atom stereocenters. The highest BCUT2D eigenvalue weighted by Crippen LogP contribution is 2.25. The molecule has 3 aromatic rings. The maximum Gasteiger partial charge on any atom is 0.228 e. The quantitative estimate of drug-likeness (QED) is 0.784. The minimum absolute atomic E-state index is 0.0645. The number of nitrogens with zero attached hydrogens (tertiary/aromatic N) is 5. The zero-order chi connectivity index (χ0) is 18.1. The first kappa shape index (κ1) is 16.7. The maximum atomic E-state index is 12.5. The minimum Gasteiger partial charge on any atom is -0.310 e. The molecule has 0 radical (unpaired) electrons. The summed E-state index contributed by atoms with van der Waals surface area (Å²) < 4.78 is 1.68. The number of carbonyl (C=O) groups is 1. The van der Waals surface area contributed by atoms with Crippen molar-refractivity contribution in [1.82, 2.24) is 24.9 Å². The smallest absolute Gasteiger partial charge is 0.228 e. The van der Waals surface area contributed by atoms with Gasteiger partial charge in [0.15, 0.2) is 0 Å². The average Bonchev–Trinajstić information content (AvgIpc) is 3.08. The summed E-state index contributed by atoms with van der Waals surface area (Å²) in [5.41, 5.74) is 1.81. The number of anilines is 1. The molecule has 4 rings (SSSR count). The van der Waals surface area contributed by atoms with Crippen molar-refractivity contribution in [3.05, 3.63) is 36.7 Å². The Bertz CT molecular complexity index is 942. The van der Waals surface area contributed by atoms with Crippen LogP contribution < -0.4 is 5.32 Å². The summed E-state index contributed by atoms with van der Waals surface area (Å²) in [5, 5.41) is 13.2. The first-order chi connectivity index (χ1) is 12.6. The molecule has 0 saturated carbocycles. The number of likely N-dealkylation sites (tertiary alicyclic amines) is 1. The summed E-state index contributed by atoms with van der Waals surface area (Å²) in [6.45, 7) is 1.93. The third-order valence-corrected chi connectivity index (χ3v) is 4.96. The molecular weight excluding hydrogens is 328 g/mol. The average molecular weight is 350 g/mol. The number of piperidine rings is 1. The number of hydrogen-bond acceptors (Lipinski definition) is 5.